The molecule has 0 bridgehead atoms. The maximum absolute atomic E-state index is 12.6. The molecule has 2 amide bonds. The van der Waals surface area contributed by atoms with Crippen molar-refractivity contribution in [1.82, 2.24) is 14.7 Å². The Hall–Kier alpha value is -1.36. The number of carbonyl (C=O) groups excluding carboxylic acids is 2. The average molecular weight is 291 g/mol. The van der Waals surface area contributed by atoms with Crippen LogP contribution in [0.25, 0.3) is 0 Å². The Balaban J connectivity index is 1.66. The van der Waals surface area contributed by atoms with Crippen molar-refractivity contribution in [2.24, 2.45) is 5.92 Å². The van der Waals surface area contributed by atoms with Crippen LogP contribution in [0.4, 0.5) is 0 Å². The molecule has 2 saturated heterocycles. The smallest absolute Gasteiger partial charge is 0.243 e. The highest BCUT2D eigenvalue weighted by Gasteiger charge is 2.49. The molecule has 3 aliphatic rings. The summed E-state index contributed by atoms with van der Waals surface area (Å²) in [6, 6.07) is 0. The molecular weight excluding hydrogens is 266 g/mol. The number of likely N-dealkylation sites (tertiary alicyclic amines) is 1. The number of carbonyl (C=O) groups is 2. The van der Waals surface area contributed by atoms with Gasteiger partial charge in [-0.05, 0) is 32.7 Å². The van der Waals surface area contributed by atoms with E-state index in [0.29, 0.717) is 13.1 Å². The van der Waals surface area contributed by atoms with Gasteiger partial charge < -0.3 is 9.80 Å². The van der Waals surface area contributed by atoms with E-state index in [0.717, 1.165) is 38.8 Å². The van der Waals surface area contributed by atoms with E-state index in [1.807, 2.05) is 23.9 Å². The van der Waals surface area contributed by atoms with Gasteiger partial charge in [-0.1, -0.05) is 12.2 Å². The lowest BCUT2D eigenvalue weighted by molar-refractivity contribution is -0.155. The molecule has 0 N–H and O–H groups in total. The molecule has 0 atom stereocenters. The summed E-state index contributed by atoms with van der Waals surface area (Å²) in [6.07, 6.45) is 7.48. The highest BCUT2D eigenvalue weighted by Crippen LogP contribution is 2.33. The van der Waals surface area contributed by atoms with Crippen LogP contribution in [0.3, 0.4) is 0 Å². The molecule has 0 aromatic heterocycles. The SMILES string of the molecule is CN1CCN(C)C2(CCN(C(=O)C3CC=CC3)CC2)C1=O. The van der Waals surface area contributed by atoms with Crippen molar-refractivity contribution in [2.75, 3.05) is 40.3 Å². The average Bonchev–Trinajstić information content (AvgIpc) is 3.04. The van der Waals surface area contributed by atoms with Crippen molar-refractivity contribution in [3.05, 3.63) is 12.2 Å². The Morgan fingerprint density at radius 2 is 1.71 bits per heavy atom. The van der Waals surface area contributed by atoms with Gasteiger partial charge in [-0.2, -0.15) is 0 Å². The van der Waals surface area contributed by atoms with Gasteiger partial charge in [0.1, 0.15) is 5.54 Å². The van der Waals surface area contributed by atoms with Crippen LogP contribution < -0.4 is 0 Å². The molecule has 0 unspecified atom stereocenters. The standard InChI is InChI=1S/C16H25N3O2/c1-17-11-12-18(2)16(15(17)21)7-9-19(10-8-16)14(20)13-5-3-4-6-13/h3-4,13H,5-12H2,1-2H3. The number of allylic oxidation sites excluding steroid dienone is 2. The summed E-state index contributed by atoms with van der Waals surface area (Å²) in [5.41, 5.74) is -0.377. The predicted octanol–water partition coefficient (Wildman–Crippen LogP) is 0.718. The molecule has 0 radical (unpaired) electrons. The van der Waals surface area contributed by atoms with Crippen LogP contribution >= 0.6 is 0 Å². The van der Waals surface area contributed by atoms with E-state index in [9.17, 15) is 9.59 Å². The quantitative estimate of drug-likeness (QED) is 0.669. The van der Waals surface area contributed by atoms with E-state index < -0.39 is 0 Å². The van der Waals surface area contributed by atoms with Gasteiger partial charge in [0.25, 0.3) is 0 Å². The second-order valence-electron chi connectivity index (χ2n) is 6.64. The first-order valence-electron chi connectivity index (χ1n) is 7.95. The van der Waals surface area contributed by atoms with Crippen molar-refractivity contribution >= 4 is 11.8 Å². The molecule has 1 spiro atoms. The van der Waals surface area contributed by atoms with Crippen LogP contribution in [0.1, 0.15) is 25.7 Å². The minimum absolute atomic E-state index is 0.140. The number of piperidine rings is 1. The van der Waals surface area contributed by atoms with Gasteiger partial charge in [-0.3, -0.25) is 14.5 Å². The zero-order valence-electron chi connectivity index (χ0n) is 13.0. The van der Waals surface area contributed by atoms with Crippen molar-refractivity contribution in [3.8, 4) is 0 Å². The van der Waals surface area contributed by atoms with Crippen LogP contribution in [0.2, 0.25) is 0 Å². The van der Waals surface area contributed by atoms with Gasteiger partial charge in [0.05, 0.1) is 0 Å². The van der Waals surface area contributed by atoms with E-state index >= 15 is 0 Å². The summed E-state index contributed by atoms with van der Waals surface area (Å²) >= 11 is 0. The van der Waals surface area contributed by atoms with Crippen molar-refractivity contribution in [2.45, 2.75) is 31.2 Å². The van der Waals surface area contributed by atoms with Gasteiger partial charge >= 0.3 is 0 Å². The van der Waals surface area contributed by atoms with E-state index in [2.05, 4.69) is 17.1 Å². The third kappa shape index (κ3) is 2.37. The molecule has 2 heterocycles. The first-order valence-corrected chi connectivity index (χ1v) is 7.95. The molecule has 5 nitrogen and oxygen atoms in total. The molecule has 2 fully saturated rings. The Kier molecular flexibility index (Phi) is 3.78. The topological polar surface area (TPSA) is 43.9 Å². The Labute approximate surface area is 126 Å². The number of hydrogen-bond acceptors (Lipinski definition) is 3. The zero-order valence-corrected chi connectivity index (χ0v) is 13.0. The van der Waals surface area contributed by atoms with Gasteiger partial charge in [0, 0.05) is 39.1 Å². The van der Waals surface area contributed by atoms with Gasteiger partial charge in [-0.15, -0.1) is 0 Å². The van der Waals surface area contributed by atoms with Crippen molar-refractivity contribution in [1.29, 1.82) is 0 Å². The summed E-state index contributed by atoms with van der Waals surface area (Å²) in [4.78, 5) is 31.1. The maximum atomic E-state index is 12.6. The Morgan fingerprint density at radius 1 is 1.10 bits per heavy atom. The summed E-state index contributed by atoms with van der Waals surface area (Å²) in [5, 5.41) is 0. The van der Waals surface area contributed by atoms with Crippen molar-refractivity contribution < 1.29 is 9.59 Å². The minimum Gasteiger partial charge on any atom is -0.343 e. The maximum Gasteiger partial charge on any atom is 0.243 e. The molecule has 0 aromatic carbocycles. The second-order valence-corrected chi connectivity index (χ2v) is 6.64. The highest BCUT2D eigenvalue weighted by molar-refractivity contribution is 5.88. The number of nitrogens with zero attached hydrogens (tertiary/aromatic N) is 3. The third-order valence-electron chi connectivity index (χ3n) is 5.51. The van der Waals surface area contributed by atoms with Crippen LogP contribution in [-0.2, 0) is 9.59 Å². The van der Waals surface area contributed by atoms with E-state index in [4.69, 9.17) is 0 Å². The van der Waals surface area contributed by atoms with Gasteiger partial charge in [0.15, 0.2) is 0 Å². The molecule has 0 saturated carbocycles. The van der Waals surface area contributed by atoms with E-state index in [-0.39, 0.29) is 23.3 Å². The number of piperazine rings is 1. The molecule has 5 heteroatoms. The molecular formula is C16H25N3O2. The number of likely N-dealkylation sites (N-methyl/N-ethyl adjacent to an activating group) is 2. The lowest BCUT2D eigenvalue weighted by atomic mass is 9.82. The number of amides is 2. The normalized spacial score (nSPS) is 26.9. The summed E-state index contributed by atoms with van der Waals surface area (Å²) in [7, 11) is 3.93. The molecule has 1 aliphatic carbocycles. The molecule has 116 valence electrons. The monoisotopic (exact) mass is 291 g/mol. The highest BCUT2D eigenvalue weighted by atomic mass is 16.2. The van der Waals surface area contributed by atoms with Crippen LogP contribution in [-0.4, -0.2) is 72.3 Å². The van der Waals surface area contributed by atoms with Gasteiger partial charge in [0.2, 0.25) is 11.8 Å². The first-order chi connectivity index (χ1) is 10.0. The Bertz CT molecular complexity index is 458. The van der Waals surface area contributed by atoms with Crippen LogP contribution in [0.15, 0.2) is 12.2 Å². The fraction of sp³-hybridized carbons (Fsp3) is 0.750. The number of hydrogen-bond donors (Lipinski definition) is 0. The molecule has 3 rings (SSSR count). The lowest BCUT2D eigenvalue weighted by Crippen LogP contribution is -2.67. The van der Waals surface area contributed by atoms with Gasteiger partial charge in [-0.25, -0.2) is 0 Å². The number of rotatable bonds is 1. The second kappa shape index (κ2) is 5.44. The van der Waals surface area contributed by atoms with E-state index in [1.54, 1.807) is 0 Å². The molecule has 2 aliphatic heterocycles. The lowest BCUT2D eigenvalue weighted by Gasteiger charge is -2.51. The first kappa shape index (κ1) is 14.6. The van der Waals surface area contributed by atoms with Crippen molar-refractivity contribution in [3.63, 3.8) is 0 Å². The fourth-order valence-electron chi connectivity index (χ4n) is 3.90. The van der Waals surface area contributed by atoms with Crippen LogP contribution in [0.5, 0.6) is 0 Å². The molecule has 0 aromatic rings. The Morgan fingerprint density at radius 3 is 2.33 bits per heavy atom. The zero-order chi connectivity index (χ0) is 15.0. The summed E-state index contributed by atoms with van der Waals surface area (Å²) < 4.78 is 0. The summed E-state index contributed by atoms with van der Waals surface area (Å²) in [5.74, 6) is 0.640. The fourth-order valence-corrected chi connectivity index (χ4v) is 3.90. The minimum atomic E-state index is -0.377. The third-order valence-corrected chi connectivity index (χ3v) is 5.51. The largest absolute Gasteiger partial charge is 0.343 e. The molecule has 21 heavy (non-hydrogen) atoms. The van der Waals surface area contributed by atoms with E-state index in [1.165, 1.54) is 0 Å². The van der Waals surface area contributed by atoms with Crippen LogP contribution in [0, 0.1) is 5.92 Å². The predicted molar refractivity (Wildman–Crippen MR) is 80.7 cm³/mol. The summed E-state index contributed by atoms with van der Waals surface area (Å²) in [6.45, 7) is 3.13.